The van der Waals surface area contributed by atoms with Crippen LogP contribution in [0, 0.1) is 0 Å². The fourth-order valence-electron chi connectivity index (χ4n) is 16.7. The van der Waals surface area contributed by atoms with Crippen LogP contribution >= 0.6 is 0 Å². The van der Waals surface area contributed by atoms with Crippen molar-refractivity contribution in [2.24, 2.45) is 0 Å². The van der Waals surface area contributed by atoms with Gasteiger partial charge >= 0.3 is 0 Å². The van der Waals surface area contributed by atoms with Crippen LogP contribution in [0.1, 0.15) is 66.8 Å². The second-order valence-electron chi connectivity index (χ2n) is 30.3. The molecule has 2 heteroatoms. The lowest BCUT2D eigenvalue weighted by molar-refractivity contribution is 1.28. The summed E-state index contributed by atoms with van der Waals surface area (Å²) in [7, 11) is 0. The van der Waals surface area contributed by atoms with Crippen LogP contribution in [0.5, 0.6) is 0 Å². The quantitative estimate of drug-likeness (QED) is 0.0493. The molecule has 0 spiro atoms. The molecule has 19 rings (SSSR count). The Kier molecular flexibility index (Phi) is 21.5. The minimum atomic E-state index is 1.06. The lowest BCUT2D eigenvalue weighted by Gasteiger charge is -2.26. The summed E-state index contributed by atoms with van der Waals surface area (Å²) < 4.78 is 0. The molecule has 0 saturated carbocycles. The highest BCUT2D eigenvalue weighted by Crippen LogP contribution is 2.46. The molecule has 0 bridgehead atoms. The standard InChI is InChI=1S/C118H84N2/c1-9-29-93(30-10-1)113(94-31-11-2-12-32-94)81-85-49-69-103(70-50-85)119(104-71-51-86(52-72-104)82-114(95-33-13-3-14-34-95)96-35-15-4-16-36-96)107-77-65-91(66-78-107)89-57-61-101(62-58-89)117-109-45-25-27-47-111(109)118(112-48-28-26-46-110(112)117)102-63-59-90(60-64-102)92-67-79-108(80-68-92)120(105-73-53-87(54-74-105)83-115(97-37-17-5-18-38-97)98-39-19-6-20-40-98)106-75-55-88(56-76-106)84-116(99-41-21-7-22-42-99)100-43-23-8-24-44-100/h1-84H. The number of nitrogens with zero attached hydrogens (tertiary/aromatic N) is 2. The van der Waals surface area contributed by atoms with E-state index in [1.807, 2.05) is 0 Å². The second-order valence-corrected chi connectivity index (χ2v) is 30.3. The molecule has 0 aliphatic carbocycles. The van der Waals surface area contributed by atoms with Crippen molar-refractivity contribution in [3.8, 4) is 44.5 Å². The number of hydrogen-bond donors (Lipinski definition) is 0. The largest absolute Gasteiger partial charge is 0.311 e. The molecule has 0 amide bonds. The highest BCUT2D eigenvalue weighted by Gasteiger charge is 2.21. The first kappa shape index (κ1) is 74.4. The SMILES string of the molecule is C(=C(c1ccccc1)c1ccccc1)c1ccc(N(c2ccc(C=C(c3ccccc3)c3ccccc3)cc2)c2ccc(-c3ccc(-c4c5ccccc5c(-c5ccc(-c6ccc(N(c7ccc(C=C(c8ccccc8)c8ccccc8)cc7)c7ccc(C=C(c8ccccc8)c8ccccc8)cc7)cc6)cc5)c5ccccc45)cc3)cc2)cc1. The van der Waals surface area contributed by atoms with Crippen molar-refractivity contribution in [2.45, 2.75) is 0 Å². The van der Waals surface area contributed by atoms with E-state index in [9.17, 15) is 0 Å². The molecular weight excluding hydrogens is 1450 g/mol. The Morgan fingerprint density at radius 2 is 0.275 bits per heavy atom. The summed E-state index contributed by atoms with van der Waals surface area (Å²) in [6, 6.07) is 176. The Balaban J connectivity index is 0.614. The summed E-state index contributed by atoms with van der Waals surface area (Å²) in [6.07, 6.45) is 9.19. The average molecular weight is 1530 g/mol. The van der Waals surface area contributed by atoms with Gasteiger partial charge in [0.15, 0.2) is 0 Å². The molecule has 0 N–H and O–H groups in total. The fourth-order valence-corrected chi connectivity index (χ4v) is 16.7. The number of hydrogen-bond acceptors (Lipinski definition) is 2. The summed E-state index contributed by atoms with van der Waals surface area (Å²) >= 11 is 0. The third-order valence-electron chi connectivity index (χ3n) is 22.7. The molecule has 120 heavy (non-hydrogen) atoms. The van der Waals surface area contributed by atoms with Crippen LogP contribution in [-0.2, 0) is 0 Å². The van der Waals surface area contributed by atoms with Gasteiger partial charge in [0.25, 0.3) is 0 Å². The molecule has 0 fully saturated rings. The summed E-state index contributed by atoms with van der Waals surface area (Å²) in [4.78, 5) is 4.73. The predicted molar refractivity (Wildman–Crippen MR) is 512 cm³/mol. The molecule has 2 nitrogen and oxygen atoms in total. The normalized spacial score (nSPS) is 11.0. The van der Waals surface area contributed by atoms with Crippen LogP contribution in [0.3, 0.4) is 0 Å². The van der Waals surface area contributed by atoms with Crippen molar-refractivity contribution in [3.05, 3.63) is 552 Å². The van der Waals surface area contributed by atoms with E-state index in [2.05, 4.69) is 519 Å². The zero-order valence-corrected chi connectivity index (χ0v) is 66.4. The molecule has 0 heterocycles. The van der Waals surface area contributed by atoms with Gasteiger partial charge < -0.3 is 9.80 Å². The van der Waals surface area contributed by atoms with E-state index in [-0.39, 0.29) is 0 Å². The second kappa shape index (κ2) is 34.8. The Hall–Kier alpha value is -15.7. The number of fused-ring (bicyclic) bond motifs is 2. The molecule has 19 aromatic carbocycles. The highest BCUT2D eigenvalue weighted by molar-refractivity contribution is 6.21. The van der Waals surface area contributed by atoms with Crippen molar-refractivity contribution >= 4 is 102 Å². The first-order valence-electron chi connectivity index (χ1n) is 41.2. The molecule has 0 saturated heterocycles. The van der Waals surface area contributed by atoms with Crippen LogP contribution in [0.4, 0.5) is 34.1 Å². The maximum atomic E-state index is 2.36. The first-order chi connectivity index (χ1) is 59.5. The van der Waals surface area contributed by atoms with Gasteiger partial charge in [-0.2, -0.15) is 0 Å². The van der Waals surface area contributed by atoms with Crippen LogP contribution in [-0.4, -0.2) is 0 Å². The van der Waals surface area contributed by atoms with E-state index in [4.69, 9.17) is 0 Å². The molecule has 0 radical (unpaired) electrons. The fraction of sp³-hybridized carbons (Fsp3) is 0. The van der Waals surface area contributed by atoms with Crippen LogP contribution in [0.2, 0.25) is 0 Å². The Morgan fingerprint density at radius 1 is 0.133 bits per heavy atom. The average Bonchev–Trinajstić information content (AvgIpc) is 0.732. The summed E-state index contributed by atoms with van der Waals surface area (Å²) in [5, 5.41) is 4.86. The van der Waals surface area contributed by atoms with Gasteiger partial charge in [0, 0.05) is 34.1 Å². The summed E-state index contributed by atoms with van der Waals surface area (Å²) in [5.74, 6) is 0. The van der Waals surface area contributed by atoms with E-state index in [0.29, 0.717) is 0 Å². The van der Waals surface area contributed by atoms with E-state index in [0.717, 1.165) is 78.6 Å². The molecule has 0 aromatic heterocycles. The third kappa shape index (κ3) is 16.2. The lowest BCUT2D eigenvalue weighted by atomic mass is 9.85. The minimum absolute atomic E-state index is 1.06. The number of benzene rings is 19. The summed E-state index contributed by atoms with van der Waals surface area (Å²) in [6.45, 7) is 0. The van der Waals surface area contributed by atoms with Gasteiger partial charge in [-0.1, -0.05) is 413 Å². The Labute approximate surface area is 703 Å². The van der Waals surface area contributed by atoms with E-state index >= 15 is 0 Å². The highest BCUT2D eigenvalue weighted by atomic mass is 15.1. The lowest BCUT2D eigenvalue weighted by Crippen LogP contribution is -2.09. The van der Waals surface area contributed by atoms with Crippen LogP contribution in [0.25, 0.3) is 113 Å². The van der Waals surface area contributed by atoms with Gasteiger partial charge in [0.2, 0.25) is 0 Å². The smallest absolute Gasteiger partial charge is 0.0462 e. The topological polar surface area (TPSA) is 6.48 Å². The third-order valence-corrected chi connectivity index (χ3v) is 22.7. The Bertz CT molecular complexity index is 5910. The maximum absolute atomic E-state index is 2.36. The molecular formula is C118H84N2. The maximum Gasteiger partial charge on any atom is 0.0462 e. The Morgan fingerprint density at radius 3 is 0.450 bits per heavy atom. The van der Waals surface area contributed by atoms with Gasteiger partial charge in [-0.3, -0.25) is 0 Å². The zero-order chi connectivity index (χ0) is 80.2. The van der Waals surface area contributed by atoms with Crippen LogP contribution in [0.15, 0.2) is 485 Å². The monoisotopic (exact) mass is 1530 g/mol. The van der Waals surface area contributed by atoms with E-state index < -0.39 is 0 Å². The van der Waals surface area contributed by atoms with Gasteiger partial charge in [-0.05, 0) is 252 Å². The molecule has 0 unspecified atom stereocenters. The molecule has 566 valence electrons. The zero-order valence-electron chi connectivity index (χ0n) is 66.4. The van der Waals surface area contributed by atoms with Crippen molar-refractivity contribution in [2.75, 3.05) is 9.80 Å². The minimum Gasteiger partial charge on any atom is -0.311 e. The van der Waals surface area contributed by atoms with Gasteiger partial charge in [0.1, 0.15) is 0 Å². The molecule has 0 aliphatic heterocycles. The van der Waals surface area contributed by atoms with Crippen LogP contribution < -0.4 is 9.80 Å². The molecule has 19 aromatic rings. The first-order valence-corrected chi connectivity index (χ1v) is 41.2. The van der Waals surface area contributed by atoms with Gasteiger partial charge in [-0.25, -0.2) is 0 Å². The summed E-state index contributed by atoms with van der Waals surface area (Å²) in [5.41, 5.74) is 34.3. The van der Waals surface area contributed by atoms with Crippen molar-refractivity contribution in [1.82, 2.24) is 0 Å². The van der Waals surface area contributed by atoms with Gasteiger partial charge in [-0.15, -0.1) is 0 Å². The van der Waals surface area contributed by atoms with Crippen molar-refractivity contribution in [3.63, 3.8) is 0 Å². The van der Waals surface area contributed by atoms with E-state index in [1.54, 1.807) is 0 Å². The predicted octanol–water partition coefficient (Wildman–Crippen LogP) is 32.0. The molecule has 0 atom stereocenters. The molecule has 0 aliphatic rings. The number of rotatable bonds is 22. The van der Waals surface area contributed by atoms with Crippen molar-refractivity contribution in [1.29, 1.82) is 0 Å². The van der Waals surface area contributed by atoms with Crippen molar-refractivity contribution < 1.29 is 0 Å². The van der Waals surface area contributed by atoms with E-state index in [1.165, 1.54) is 111 Å². The van der Waals surface area contributed by atoms with Gasteiger partial charge in [0.05, 0.1) is 0 Å². The number of anilines is 6.